The van der Waals surface area contributed by atoms with Gasteiger partial charge < -0.3 is 9.72 Å². The summed E-state index contributed by atoms with van der Waals surface area (Å²) in [6, 6.07) is 0. The summed E-state index contributed by atoms with van der Waals surface area (Å²) in [6.45, 7) is 0.983. The summed E-state index contributed by atoms with van der Waals surface area (Å²) in [5.74, 6) is 1.80. The van der Waals surface area contributed by atoms with E-state index in [2.05, 4.69) is 31.2 Å². The van der Waals surface area contributed by atoms with E-state index in [4.69, 9.17) is 0 Å². The number of rotatable bonds is 4. The van der Waals surface area contributed by atoms with Gasteiger partial charge in [0.15, 0.2) is 11.5 Å². The predicted octanol–water partition coefficient (Wildman–Crippen LogP) is 2.70. The van der Waals surface area contributed by atoms with Crippen LogP contribution >= 0.6 is 15.9 Å². The Morgan fingerprint density at radius 3 is 3.19 bits per heavy atom. The second kappa shape index (κ2) is 4.05. The first-order chi connectivity index (χ1) is 7.83. The summed E-state index contributed by atoms with van der Waals surface area (Å²) < 4.78 is 2.79. The van der Waals surface area contributed by atoms with E-state index >= 15 is 0 Å². The van der Waals surface area contributed by atoms with Crippen molar-refractivity contribution in [2.75, 3.05) is 11.9 Å². The van der Waals surface area contributed by atoms with E-state index < -0.39 is 0 Å². The monoisotopic (exact) mass is 280 g/mol. The quantitative estimate of drug-likeness (QED) is 0.937. The molecule has 3 rings (SSSR count). The van der Waals surface area contributed by atoms with Gasteiger partial charge in [0.1, 0.15) is 4.60 Å². The van der Waals surface area contributed by atoms with Gasteiger partial charge in [0.05, 0.1) is 0 Å². The van der Waals surface area contributed by atoms with Crippen molar-refractivity contribution in [3.05, 3.63) is 23.2 Å². The molecule has 0 amide bonds. The lowest BCUT2D eigenvalue weighted by Crippen LogP contribution is -2.06. The summed E-state index contributed by atoms with van der Waals surface area (Å²) >= 11 is 3.40. The third kappa shape index (κ3) is 2.04. The molecular weight excluding hydrogens is 268 g/mol. The molecule has 0 radical (unpaired) electrons. The van der Waals surface area contributed by atoms with E-state index in [9.17, 15) is 0 Å². The smallest absolute Gasteiger partial charge is 0.180 e. The van der Waals surface area contributed by atoms with Crippen molar-refractivity contribution >= 4 is 27.4 Å². The molecule has 0 unspecified atom stereocenters. The molecule has 2 aromatic rings. The number of fused-ring (bicyclic) bond motifs is 1. The Kier molecular flexibility index (Phi) is 2.55. The van der Waals surface area contributed by atoms with Crippen LogP contribution in [0.25, 0.3) is 5.65 Å². The van der Waals surface area contributed by atoms with Crippen LogP contribution in [0.1, 0.15) is 19.3 Å². The molecule has 2 aromatic heterocycles. The first kappa shape index (κ1) is 10.1. The lowest BCUT2D eigenvalue weighted by Gasteiger charge is -2.06. The molecule has 0 spiro atoms. The minimum Gasteiger partial charge on any atom is -0.367 e. The largest absolute Gasteiger partial charge is 0.367 e. The summed E-state index contributed by atoms with van der Waals surface area (Å²) in [6.07, 6.45) is 9.65. The maximum atomic E-state index is 4.41. The van der Waals surface area contributed by atoms with Crippen molar-refractivity contribution in [2.24, 2.45) is 5.92 Å². The SMILES string of the molecule is Brc1cn2ccnc2c(NCCC2CC2)n1. The van der Waals surface area contributed by atoms with E-state index in [1.165, 1.54) is 19.3 Å². The van der Waals surface area contributed by atoms with E-state index in [0.29, 0.717) is 0 Å². The number of anilines is 1. The van der Waals surface area contributed by atoms with Gasteiger partial charge in [-0.2, -0.15) is 0 Å². The fourth-order valence-corrected chi connectivity index (χ4v) is 2.22. The van der Waals surface area contributed by atoms with Crippen LogP contribution in [0.3, 0.4) is 0 Å². The third-order valence-corrected chi connectivity index (χ3v) is 3.27. The number of nitrogens with zero attached hydrogens (tertiary/aromatic N) is 3. The number of hydrogen-bond donors (Lipinski definition) is 1. The highest BCUT2D eigenvalue weighted by Crippen LogP contribution is 2.32. The Balaban J connectivity index is 1.80. The number of halogens is 1. The maximum Gasteiger partial charge on any atom is 0.180 e. The van der Waals surface area contributed by atoms with Crippen LogP contribution < -0.4 is 5.32 Å². The van der Waals surface area contributed by atoms with Gasteiger partial charge in [0.2, 0.25) is 0 Å². The highest BCUT2D eigenvalue weighted by molar-refractivity contribution is 9.10. The van der Waals surface area contributed by atoms with Crippen LogP contribution in [0.2, 0.25) is 0 Å². The second-order valence-electron chi connectivity index (χ2n) is 4.23. The molecule has 1 saturated carbocycles. The van der Waals surface area contributed by atoms with Gasteiger partial charge in [-0.25, -0.2) is 9.97 Å². The third-order valence-electron chi connectivity index (χ3n) is 2.89. The van der Waals surface area contributed by atoms with E-state index in [1.54, 1.807) is 6.20 Å². The molecule has 1 aliphatic rings. The van der Waals surface area contributed by atoms with E-state index in [1.807, 2.05) is 16.8 Å². The van der Waals surface area contributed by atoms with Gasteiger partial charge in [-0.15, -0.1) is 0 Å². The predicted molar refractivity (Wildman–Crippen MR) is 66.5 cm³/mol. The van der Waals surface area contributed by atoms with Crippen LogP contribution in [-0.2, 0) is 0 Å². The van der Waals surface area contributed by atoms with Crippen LogP contribution in [0.4, 0.5) is 5.82 Å². The first-order valence-corrected chi connectivity index (χ1v) is 6.35. The summed E-state index contributed by atoms with van der Waals surface area (Å²) in [4.78, 5) is 8.70. The molecular formula is C11H13BrN4. The molecule has 1 fully saturated rings. The molecule has 0 saturated heterocycles. The molecule has 0 atom stereocenters. The van der Waals surface area contributed by atoms with Crippen molar-refractivity contribution < 1.29 is 0 Å². The van der Waals surface area contributed by atoms with E-state index in [-0.39, 0.29) is 0 Å². The van der Waals surface area contributed by atoms with E-state index in [0.717, 1.165) is 28.5 Å². The Labute approximate surface area is 102 Å². The average Bonchev–Trinajstić information content (AvgIpc) is 2.95. The highest BCUT2D eigenvalue weighted by atomic mass is 79.9. The number of aromatic nitrogens is 3. The topological polar surface area (TPSA) is 42.2 Å². The molecule has 2 heterocycles. The van der Waals surface area contributed by atoms with Gasteiger partial charge in [-0.3, -0.25) is 0 Å². The fourth-order valence-electron chi connectivity index (χ4n) is 1.82. The van der Waals surface area contributed by atoms with Crippen molar-refractivity contribution in [1.82, 2.24) is 14.4 Å². The average molecular weight is 281 g/mol. The normalized spacial score (nSPS) is 15.6. The number of nitrogens with one attached hydrogen (secondary N) is 1. The van der Waals surface area contributed by atoms with Gasteiger partial charge in [-0.05, 0) is 28.3 Å². The lowest BCUT2D eigenvalue weighted by atomic mass is 10.3. The molecule has 16 heavy (non-hydrogen) atoms. The Morgan fingerprint density at radius 2 is 2.38 bits per heavy atom. The summed E-state index contributed by atoms with van der Waals surface area (Å²) in [7, 11) is 0. The molecule has 84 valence electrons. The molecule has 5 heteroatoms. The zero-order valence-electron chi connectivity index (χ0n) is 8.86. The van der Waals surface area contributed by atoms with Gasteiger partial charge in [0.25, 0.3) is 0 Å². The van der Waals surface area contributed by atoms with Crippen molar-refractivity contribution in [2.45, 2.75) is 19.3 Å². The van der Waals surface area contributed by atoms with Crippen LogP contribution in [-0.4, -0.2) is 20.9 Å². The Bertz CT molecular complexity index is 504. The van der Waals surface area contributed by atoms with Gasteiger partial charge in [-0.1, -0.05) is 12.8 Å². The molecule has 0 aliphatic heterocycles. The van der Waals surface area contributed by atoms with Crippen molar-refractivity contribution in [3.63, 3.8) is 0 Å². The molecule has 4 nitrogen and oxygen atoms in total. The molecule has 0 bridgehead atoms. The maximum absolute atomic E-state index is 4.41. The zero-order valence-corrected chi connectivity index (χ0v) is 10.4. The molecule has 1 aliphatic carbocycles. The van der Waals surface area contributed by atoms with Gasteiger partial charge >= 0.3 is 0 Å². The Morgan fingerprint density at radius 1 is 1.50 bits per heavy atom. The van der Waals surface area contributed by atoms with Crippen LogP contribution in [0, 0.1) is 5.92 Å². The minimum absolute atomic E-state index is 0.826. The highest BCUT2D eigenvalue weighted by Gasteiger charge is 2.20. The fraction of sp³-hybridized carbons (Fsp3) is 0.455. The molecule has 0 aromatic carbocycles. The number of imidazole rings is 1. The Hall–Kier alpha value is -1.10. The first-order valence-electron chi connectivity index (χ1n) is 5.56. The van der Waals surface area contributed by atoms with Crippen LogP contribution in [0.15, 0.2) is 23.2 Å². The zero-order chi connectivity index (χ0) is 11.0. The van der Waals surface area contributed by atoms with Gasteiger partial charge in [0, 0.05) is 25.1 Å². The summed E-state index contributed by atoms with van der Waals surface area (Å²) in [5.41, 5.74) is 0.888. The lowest BCUT2D eigenvalue weighted by molar-refractivity contribution is 0.758. The number of hydrogen-bond acceptors (Lipinski definition) is 3. The second-order valence-corrected chi connectivity index (χ2v) is 5.04. The summed E-state index contributed by atoms with van der Waals surface area (Å²) in [5, 5.41) is 3.36. The minimum atomic E-state index is 0.826. The van der Waals surface area contributed by atoms with Crippen LogP contribution in [0.5, 0.6) is 0 Å². The standard InChI is InChI=1S/C11H13BrN4/c12-9-7-16-6-5-14-11(16)10(15-9)13-4-3-8-1-2-8/h5-8H,1-4H2,(H,13,15). The molecule has 1 N–H and O–H groups in total. The van der Waals surface area contributed by atoms with Crippen molar-refractivity contribution in [1.29, 1.82) is 0 Å². The van der Waals surface area contributed by atoms with Crippen molar-refractivity contribution in [3.8, 4) is 0 Å².